The van der Waals surface area contributed by atoms with Crippen LogP contribution in [0.15, 0.2) is 146 Å². The van der Waals surface area contributed by atoms with Crippen molar-refractivity contribution in [2.45, 2.75) is 175 Å². The molecule has 10 N–H and O–H groups in total. The van der Waals surface area contributed by atoms with E-state index >= 15 is 0 Å². The van der Waals surface area contributed by atoms with Gasteiger partial charge in [-0.25, -0.2) is 0 Å². The van der Waals surface area contributed by atoms with Crippen LogP contribution in [0.4, 0.5) is 34.1 Å². The Kier molecular flexibility index (Phi) is 27.4. The average Bonchev–Trinajstić information content (AvgIpc) is 1.47. The van der Waals surface area contributed by atoms with Crippen LogP contribution in [-0.2, 0) is 32.5 Å². The Morgan fingerprint density at radius 1 is 0.246 bits per heavy atom. The number of nitrogens with one attached hydrogen (secondary N) is 4. The van der Waals surface area contributed by atoms with Crippen LogP contribution in [0.3, 0.4) is 0 Å². The summed E-state index contributed by atoms with van der Waals surface area (Å²) in [7, 11) is 0. The lowest BCUT2D eigenvalue weighted by Crippen LogP contribution is -2.30. The van der Waals surface area contributed by atoms with Crippen LogP contribution >= 0.6 is 0 Å². The number of aliphatic hydroxyl groups is 6. The molecule has 0 aromatic heterocycles. The number of aliphatic hydroxyl groups excluding tert-OH is 6. The standard InChI is InChI=1S/C20H30N2O.C19H28N2O.2C18H26N2O.C17H24N2O.C16H22N2O/c1-2-21-14-19-18(10-13-23)20(19,15-21)16-6-8-17(9-7-16)22-11-4-3-5-12-22;1-2-20-13-18-17(9-12-22)19(18,14-20)15-5-7-16(8-6-15)21-10-3-4-11-21;2*21-11-8-16-17-12-19-13-18(16,17)14-4-6-15(7-5-14)20-9-2-1-3-10-20;20-10-7-15-16-11-18-12-17(15,16)13-3-5-14(6-4-13)19-8-1-2-9-19;19-10-15-14-9-17-11-16(14,15)12-3-5-13(6-4-12)18-7-1-2-8-18/h6-9,18-19,23H,2-5,10-15H2,1H3;5-8,17-18,22H,2-4,9-14H2,1H3;2*4-7,16-17,19,21H,1-3,8-13H2;3-6,15-16,18,20H,1-2,7-12H2;3-6,14-15,17,19H,1-2,7-11H2. The lowest BCUT2D eigenvalue weighted by atomic mass is 9.91. The minimum Gasteiger partial charge on any atom is -0.396 e. The molecule has 0 spiro atoms. The van der Waals surface area contributed by atoms with Crippen molar-refractivity contribution in [2.75, 3.05) is 239 Å². The molecule has 18 aliphatic rings. The molecule has 6 aromatic carbocycles. The predicted molar refractivity (Wildman–Crippen MR) is 514 cm³/mol. The largest absolute Gasteiger partial charge is 0.396 e. The highest BCUT2D eigenvalue weighted by Crippen LogP contribution is 2.69. The van der Waals surface area contributed by atoms with E-state index in [2.05, 4.69) is 220 Å². The number of piperidine rings is 9. The summed E-state index contributed by atoms with van der Waals surface area (Å²) < 4.78 is 0. The van der Waals surface area contributed by atoms with Crippen LogP contribution in [0.25, 0.3) is 0 Å². The summed E-state index contributed by atoms with van der Waals surface area (Å²) in [5.41, 5.74) is 19.1. The molecule has 0 amide bonds. The number of rotatable bonds is 25. The first-order valence-electron chi connectivity index (χ1n) is 51.1. The Balaban J connectivity index is 0.0000000988. The highest BCUT2D eigenvalue weighted by molar-refractivity contribution is 5.58. The fraction of sp³-hybridized carbons (Fsp3) is 0.667. The molecule has 12 saturated heterocycles. The molecule has 126 heavy (non-hydrogen) atoms. The van der Waals surface area contributed by atoms with E-state index in [1.54, 1.807) is 0 Å². The van der Waals surface area contributed by atoms with Crippen molar-refractivity contribution in [1.82, 2.24) is 31.1 Å². The lowest BCUT2D eigenvalue weighted by molar-refractivity contribution is 0.242. The Hall–Kier alpha value is -6.36. The number of hydrogen-bond acceptors (Lipinski definition) is 18. The molecule has 0 bridgehead atoms. The van der Waals surface area contributed by atoms with Crippen LogP contribution in [-0.4, -0.2) is 250 Å². The van der Waals surface area contributed by atoms with Crippen molar-refractivity contribution >= 4 is 34.1 Å². The number of benzene rings is 6. The fourth-order valence-corrected chi connectivity index (χ4v) is 29.4. The summed E-state index contributed by atoms with van der Waals surface area (Å²) >= 11 is 0. The minimum atomic E-state index is 0.234. The zero-order chi connectivity index (χ0) is 86.0. The van der Waals surface area contributed by atoms with Crippen LogP contribution in [0.5, 0.6) is 0 Å². The summed E-state index contributed by atoms with van der Waals surface area (Å²) in [6.45, 7) is 36.9. The first-order chi connectivity index (χ1) is 62.0. The molecule has 6 aliphatic carbocycles. The second kappa shape index (κ2) is 38.8. The van der Waals surface area contributed by atoms with Gasteiger partial charge in [-0.2, -0.15) is 0 Å². The SMILES string of the molecule is CCN1CC2C(CCO)C2(c2ccc(N3CCCC3)cc2)C1.CCN1CC2C(CCO)C2(c2ccc(N3CCCCC3)cc2)C1.OCC1C2CNCC12c1ccc(N2CCCC2)cc1.OCCC1C2CNCC12c1ccc(N2CCCC2)cc1.OCCC1C2CNCC12c1ccc(N2CCCCC2)cc1.OCCC1C2CNCC12c1ccc(N2CCCCC2)cc1. The van der Waals surface area contributed by atoms with Crippen molar-refractivity contribution in [3.05, 3.63) is 179 Å². The maximum Gasteiger partial charge on any atom is 0.0471 e. The van der Waals surface area contributed by atoms with E-state index in [9.17, 15) is 30.6 Å². The second-order valence-corrected chi connectivity index (χ2v) is 42.0. The summed E-state index contributed by atoms with van der Waals surface area (Å²) in [5.74, 6) is 8.31. The summed E-state index contributed by atoms with van der Waals surface area (Å²) in [6, 6.07) is 55.9. The first kappa shape index (κ1) is 88.9. The zero-order valence-corrected chi connectivity index (χ0v) is 76.8. The molecule has 24 rings (SSSR count). The minimum absolute atomic E-state index is 0.234. The number of fused-ring (bicyclic) bond motifs is 6. The van der Waals surface area contributed by atoms with Crippen LogP contribution in [0.2, 0.25) is 0 Å². The number of nitrogens with zero attached hydrogens (tertiary/aromatic N) is 8. The molecule has 684 valence electrons. The van der Waals surface area contributed by atoms with Gasteiger partial charge in [0.2, 0.25) is 0 Å². The summed E-state index contributed by atoms with van der Waals surface area (Å²) in [6.07, 6.45) is 24.9. The molecule has 18 unspecified atom stereocenters. The molecule has 0 radical (unpaired) electrons. The van der Waals surface area contributed by atoms with Gasteiger partial charge in [0.1, 0.15) is 0 Å². The normalized spacial score (nSPS) is 34.9. The third-order valence-corrected chi connectivity index (χ3v) is 36.5. The van der Waals surface area contributed by atoms with Gasteiger partial charge in [0.05, 0.1) is 0 Å². The molecular weight excluding hydrogens is 1560 g/mol. The third-order valence-electron chi connectivity index (χ3n) is 36.5. The topological polar surface area (TPSA) is 195 Å². The van der Waals surface area contributed by atoms with Gasteiger partial charge in [0, 0.05) is 237 Å². The van der Waals surface area contributed by atoms with E-state index < -0.39 is 0 Å². The van der Waals surface area contributed by atoms with Crippen LogP contribution in [0, 0.1) is 71.0 Å². The number of anilines is 6. The zero-order valence-electron chi connectivity index (χ0n) is 76.8. The van der Waals surface area contributed by atoms with Crippen molar-refractivity contribution in [3.63, 3.8) is 0 Å². The Morgan fingerprint density at radius 2 is 0.437 bits per heavy atom. The van der Waals surface area contributed by atoms with Gasteiger partial charge in [-0.1, -0.05) is 86.6 Å². The van der Waals surface area contributed by atoms with Gasteiger partial charge < -0.3 is 91.1 Å². The molecule has 18 heteroatoms. The molecule has 18 atom stereocenters. The molecule has 6 aromatic rings. The van der Waals surface area contributed by atoms with Crippen molar-refractivity contribution < 1.29 is 30.6 Å². The lowest BCUT2D eigenvalue weighted by Gasteiger charge is -2.29. The Bertz CT molecular complexity index is 4360. The van der Waals surface area contributed by atoms with E-state index in [4.69, 9.17) is 0 Å². The number of likely N-dealkylation sites (N-methyl/N-ethyl adjacent to an activating group) is 2. The summed E-state index contributed by atoms with van der Waals surface area (Å²) in [5, 5.41) is 70.2. The van der Waals surface area contributed by atoms with Gasteiger partial charge in [0.25, 0.3) is 0 Å². The van der Waals surface area contributed by atoms with Gasteiger partial charge in [-0.05, 0) is 345 Å². The maximum atomic E-state index is 9.53. The highest BCUT2D eigenvalue weighted by Gasteiger charge is 2.72. The molecule has 18 fully saturated rings. The van der Waals surface area contributed by atoms with E-state index in [1.807, 2.05) is 0 Å². The van der Waals surface area contributed by atoms with E-state index in [0.29, 0.717) is 108 Å². The quantitative estimate of drug-likeness (QED) is 0.0260. The highest BCUT2D eigenvalue weighted by atomic mass is 16.3. The molecule has 12 aliphatic heterocycles. The van der Waals surface area contributed by atoms with E-state index in [-0.39, 0.29) is 5.41 Å². The van der Waals surface area contributed by atoms with Crippen molar-refractivity contribution in [2.24, 2.45) is 71.0 Å². The monoisotopic (exact) mass is 1720 g/mol. The second-order valence-electron chi connectivity index (χ2n) is 42.0. The molecule has 6 saturated carbocycles. The maximum absolute atomic E-state index is 9.53. The first-order valence-corrected chi connectivity index (χ1v) is 51.1. The van der Waals surface area contributed by atoms with Gasteiger partial charge >= 0.3 is 0 Å². The van der Waals surface area contributed by atoms with Crippen LogP contribution in [0.1, 0.15) is 176 Å². The summed E-state index contributed by atoms with van der Waals surface area (Å²) in [4.78, 5) is 20.2. The molecular formula is C108H156N12O6. The predicted octanol–water partition coefficient (Wildman–Crippen LogP) is 12.8. The van der Waals surface area contributed by atoms with Crippen molar-refractivity contribution in [3.8, 4) is 0 Å². The van der Waals surface area contributed by atoms with Gasteiger partial charge in [0.15, 0.2) is 0 Å². The van der Waals surface area contributed by atoms with Crippen molar-refractivity contribution in [1.29, 1.82) is 0 Å². The Labute approximate surface area is 755 Å². The number of likely N-dealkylation sites (tertiary alicyclic amines) is 2. The van der Waals surface area contributed by atoms with E-state index in [1.165, 1.54) is 269 Å². The Morgan fingerprint density at radius 3 is 0.635 bits per heavy atom. The van der Waals surface area contributed by atoms with E-state index in [0.717, 1.165) is 127 Å². The van der Waals surface area contributed by atoms with Crippen LogP contribution < -0.4 is 50.7 Å². The number of hydrogen-bond donors (Lipinski definition) is 10. The smallest absolute Gasteiger partial charge is 0.0471 e. The van der Waals surface area contributed by atoms with Gasteiger partial charge in [-0.3, -0.25) is 0 Å². The molecule has 18 nitrogen and oxygen atoms in total. The average molecular weight is 1720 g/mol. The fourth-order valence-electron chi connectivity index (χ4n) is 29.4. The third kappa shape index (κ3) is 16.7. The molecule has 12 heterocycles. The van der Waals surface area contributed by atoms with Gasteiger partial charge in [-0.15, -0.1) is 0 Å².